The molecule has 0 amide bonds. The van der Waals surface area contributed by atoms with Crippen LogP contribution in [0.5, 0.6) is 0 Å². The van der Waals surface area contributed by atoms with Crippen LogP contribution in [0, 0.1) is 5.92 Å². The lowest BCUT2D eigenvalue weighted by Gasteiger charge is -2.17. The highest BCUT2D eigenvalue weighted by atomic mass is 16.4. The zero-order valence-electron chi connectivity index (χ0n) is 10.0. The van der Waals surface area contributed by atoms with Crippen molar-refractivity contribution in [2.45, 2.75) is 31.5 Å². The van der Waals surface area contributed by atoms with Gasteiger partial charge in [-0.2, -0.15) is 0 Å². The van der Waals surface area contributed by atoms with Crippen molar-refractivity contribution in [3.63, 3.8) is 0 Å². The second-order valence-corrected chi connectivity index (χ2v) is 5.04. The Hall–Kier alpha value is -1.43. The van der Waals surface area contributed by atoms with Crippen LogP contribution >= 0.6 is 0 Å². The lowest BCUT2D eigenvalue weighted by atomic mass is 9.91. The SMILES string of the molecule is NC1NNC(c2ccc3c(c2)CCC3)C1C(=O)O. The molecule has 0 aromatic heterocycles. The molecule has 1 aromatic carbocycles. The first-order valence-electron chi connectivity index (χ1n) is 6.28. The molecule has 96 valence electrons. The highest BCUT2D eigenvalue weighted by Gasteiger charge is 2.40. The summed E-state index contributed by atoms with van der Waals surface area (Å²) < 4.78 is 0. The third kappa shape index (κ3) is 1.80. The maximum Gasteiger partial charge on any atom is 0.311 e. The van der Waals surface area contributed by atoms with Gasteiger partial charge in [-0.05, 0) is 36.0 Å². The van der Waals surface area contributed by atoms with Crippen LogP contribution in [-0.4, -0.2) is 17.2 Å². The number of carboxylic acid groups (broad SMARTS) is 1. The van der Waals surface area contributed by atoms with Crippen molar-refractivity contribution in [1.29, 1.82) is 0 Å². The lowest BCUT2D eigenvalue weighted by Crippen LogP contribution is -2.41. The van der Waals surface area contributed by atoms with Crippen LogP contribution in [0.1, 0.15) is 29.2 Å². The zero-order valence-corrected chi connectivity index (χ0v) is 10.0. The van der Waals surface area contributed by atoms with Gasteiger partial charge in [0.15, 0.2) is 0 Å². The molecular formula is C13H17N3O2. The number of hydrazine groups is 1. The molecule has 1 aliphatic carbocycles. The smallest absolute Gasteiger partial charge is 0.311 e. The summed E-state index contributed by atoms with van der Waals surface area (Å²) in [6.07, 6.45) is 2.86. The third-order valence-electron chi connectivity index (χ3n) is 3.92. The fourth-order valence-corrected chi connectivity index (χ4v) is 2.94. The van der Waals surface area contributed by atoms with Gasteiger partial charge in [-0.15, -0.1) is 0 Å². The van der Waals surface area contributed by atoms with E-state index in [1.165, 1.54) is 17.5 Å². The molecule has 1 aliphatic heterocycles. The van der Waals surface area contributed by atoms with E-state index < -0.39 is 18.1 Å². The van der Waals surface area contributed by atoms with Gasteiger partial charge in [0.25, 0.3) is 0 Å². The number of rotatable bonds is 2. The lowest BCUT2D eigenvalue weighted by molar-refractivity contribution is -0.142. The minimum absolute atomic E-state index is 0.261. The van der Waals surface area contributed by atoms with Crippen LogP contribution in [0.15, 0.2) is 18.2 Å². The fourth-order valence-electron chi connectivity index (χ4n) is 2.94. The number of nitrogens with two attached hydrogens (primary N) is 1. The van der Waals surface area contributed by atoms with Crippen molar-refractivity contribution >= 4 is 5.97 Å². The van der Waals surface area contributed by atoms with Crippen LogP contribution in [0.4, 0.5) is 0 Å². The van der Waals surface area contributed by atoms with Gasteiger partial charge in [0, 0.05) is 0 Å². The number of carbonyl (C=O) groups is 1. The summed E-state index contributed by atoms with van der Waals surface area (Å²) in [4.78, 5) is 11.3. The van der Waals surface area contributed by atoms with E-state index in [-0.39, 0.29) is 6.04 Å². The number of aliphatic carboxylic acids is 1. The second-order valence-electron chi connectivity index (χ2n) is 5.04. The molecule has 5 heteroatoms. The molecule has 3 unspecified atom stereocenters. The Balaban J connectivity index is 1.92. The summed E-state index contributed by atoms with van der Waals surface area (Å²) in [5, 5.41) is 9.25. The largest absolute Gasteiger partial charge is 0.481 e. The van der Waals surface area contributed by atoms with Gasteiger partial charge in [-0.1, -0.05) is 18.2 Å². The number of benzene rings is 1. The summed E-state index contributed by atoms with van der Waals surface area (Å²) in [5.74, 6) is -1.50. The number of aryl methyl sites for hydroxylation is 2. The normalized spacial score (nSPS) is 30.4. The topological polar surface area (TPSA) is 87.4 Å². The van der Waals surface area contributed by atoms with Crippen LogP contribution in [0.25, 0.3) is 0 Å². The molecule has 0 saturated carbocycles. The molecular weight excluding hydrogens is 230 g/mol. The highest BCUT2D eigenvalue weighted by molar-refractivity contribution is 5.72. The van der Waals surface area contributed by atoms with Crippen molar-refractivity contribution in [3.8, 4) is 0 Å². The van der Waals surface area contributed by atoms with E-state index in [4.69, 9.17) is 5.73 Å². The Kier molecular flexibility index (Phi) is 2.81. The van der Waals surface area contributed by atoms with E-state index in [2.05, 4.69) is 23.0 Å². The molecule has 0 bridgehead atoms. The molecule has 0 spiro atoms. The molecule has 2 aliphatic rings. The van der Waals surface area contributed by atoms with Gasteiger partial charge >= 0.3 is 5.97 Å². The average Bonchev–Trinajstić information content (AvgIpc) is 2.93. The van der Waals surface area contributed by atoms with Gasteiger partial charge in [0.1, 0.15) is 5.92 Å². The molecule has 18 heavy (non-hydrogen) atoms. The number of fused-ring (bicyclic) bond motifs is 1. The molecule has 1 heterocycles. The third-order valence-corrected chi connectivity index (χ3v) is 3.92. The maximum atomic E-state index is 11.3. The quantitative estimate of drug-likeness (QED) is 0.604. The van der Waals surface area contributed by atoms with Crippen molar-refractivity contribution in [3.05, 3.63) is 34.9 Å². The maximum absolute atomic E-state index is 11.3. The van der Waals surface area contributed by atoms with Crippen molar-refractivity contribution in [1.82, 2.24) is 10.9 Å². The van der Waals surface area contributed by atoms with E-state index >= 15 is 0 Å². The first-order valence-corrected chi connectivity index (χ1v) is 6.28. The van der Waals surface area contributed by atoms with E-state index in [0.29, 0.717) is 0 Å². The van der Waals surface area contributed by atoms with E-state index in [1.54, 1.807) is 0 Å². The molecule has 1 fully saturated rings. The molecule has 1 saturated heterocycles. The summed E-state index contributed by atoms with van der Waals surface area (Å²) >= 11 is 0. The average molecular weight is 247 g/mol. The molecule has 3 rings (SSSR count). The van der Waals surface area contributed by atoms with Crippen molar-refractivity contribution in [2.24, 2.45) is 11.7 Å². The van der Waals surface area contributed by atoms with Gasteiger partial charge in [0.05, 0.1) is 12.2 Å². The van der Waals surface area contributed by atoms with E-state index in [1.807, 2.05) is 6.07 Å². The first-order chi connectivity index (χ1) is 8.66. The van der Waals surface area contributed by atoms with E-state index in [9.17, 15) is 9.90 Å². The summed E-state index contributed by atoms with van der Waals surface area (Å²) in [5.41, 5.74) is 15.3. The molecule has 3 atom stereocenters. The number of hydrogen-bond acceptors (Lipinski definition) is 4. The van der Waals surface area contributed by atoms with Crippen molar-refractivity contribution in [2.75, 3.05) is 0 Å². The standard InChI is InChI=1S/C13H17N3O2/c14-12-10(13(17)18)11(15-16-12)9-5-4-7-2-1-3-8(7)6-9/h4-6,10-12,15-16H,1-3,14H2,(H,17,18). The Bertz CT molecular complexity index is 489. The minimum atomic E-state index is -0.870. The fraction of sp³-hybridized carbons (Fsp3) is 0.462. The Labute approximate surface area is 105 Å². The van der Waals surface area contributed by atoms with Gasteiger partial charge in [0.2, 0.25) is 0 Å². The summed E-state index contributed by atoms with van der Waals surface area (Å²) in [6.45, 7) is 0. The predicted molar refractivity (Wildman–Crippen MR) is 66.6 cm³/mol. The molecule has 5 nitrogen and oxygen atoms in total. The van der Waals surface area contributed by atoms with Crippen LogP contribution in [-0.2, 0) is 17.6 Å². The molecule has 0 radical (unpaired) electrons. The van der Waals surface area contributed by atoms with Crippen LogP contribution < -0.4 is 16.6 Å². The number of nitrogens with one attached hydrogen (secondary N) is 2. The van der Waals surface area contributed by atoms with Crippen LogP contribution in [0.2, 0.25) is 0 Å². The zero-order chi connectivity index (χ0) is 12.7. The number of hydrogen-bond donors (Lipinski definition) is 4. The first kappa shape index (κ1) is 11.6. The Morgan fingerprint density at radius 1 is 1.28 bits per heavy atom. The summed E-state index contributed by atoms with van der Waals surface area (Å²) in [7, 11) is 0. The van der Waals surface area contributed by atoms with Gasteiger partial charge in [-0.3, -0.25) is 4.79 Å². The number of carboxylic acids is 1. The predicted octanol–water partition coefficient (Wildman–Crippen LogP) is 0.310. The Morgan fingerprint density at radius 3 is 2.83 bits per heavy atom. The highest BCUT2D eigenvalue weighted by Crippen LogP contribution is 2.31. The van der Waals surface area contributed by atoms with Gasteiger partial charge in [-0.25, -0.2) is 10.9 Å². The van der Waals surface area contributed by atoms with Crippen molar-refractivity contribution < 1.29 is 9.90 Å². The minimum Gasteiger partial charge on any atom is -0.481 e. The van der Waals surface area contributed by atoms with Gasteiger partial charge < -0.3 is 10.8 Å². The van der Waals surface area contributed by atoms with Crippen LogP contribution in [0.3, 0.4) is 0 Å². The summed E-state index contributed by atoms with van der Waals surface area (Å²) in [6, 6.07) is 5.98. The Morgan fingerprint density at radius 2 is 2.06 bits per heavy atom. The molecule has 1 aromatic rings. The second kappa shape index (κ2) is 4.35. The molecule has 5 N–H and O–H groups in total. The van der Waals surface area contributed by atoms with E-state index in [0.717, 1.165) is 18.4 Å². The monoisotopic (exact) mass is 247 g/mol.